The van der Waals surface area contributed by atoms with Gasteiger partial charge in [-0.2, -0.15) is 5.10 Å². The Morgan fingerprint density at radius 1 is 1.55 bits per heavy atom. The Morgan fingerprint density at radius 2 is 2.40 bits per heavy atom. The zero-order valence-electron chi connectivity index (χ0n) is 12.2. The highest BCUT2D eigenvalue weighted by Crippen LogP contribution is 2.39. The minimum absolute atomic E-state index is 0.0411. The number of rotatable bonds is 4. The monoisotopic (exact) mass is 276 g/mol. The third-order valence-electron chi connectivity index (χ3n) is 4.72. The van der Waals surface area contributed by atoms with Gasteiger partial charge in [-0.3, -0.25) is 9.48 Å². The summed E-state index contributed by atoms with van der Waals surface area (Å²) in [4.78, 5) is 12.1. The quantitative estimate of drug-likeness (QED) is 0.880. The van der Waals surface area contributed by atoms with E-state index in [0.717, 1.165) is 26.1 Å². The van der Waals surface area contributed by atoms with Crippen molar-refractivity contribution < 1.29 is 4.79 Å². The van der Waals surface area contributed by atoms with E-state index in [4.69, 9.17) is 0 Å². The van der Waals surface area contributed by atoms with Gasteiger partial charge in [-0.1, -0.05) is 13.3 Å². The molecule has 1 aliphatic carbocycles. The largest absolute Gasteiger partial charge is 0.350 e. The number of hydrogen-bond acceptors (Lipinski definition) is 3. The third kappa shape index (κ3) is 2.87. The molecule has 1 atom stereocenters. The first kappa shape index (κ1) is 13.6. The van der Waals surface area contributed by atoms with E-state index in [1.807, 2.05) is 16.9 Å². The fraction of sp³-hybridized carbons (Fsp3) is 0.733. The molecule has 5 heteroatoms. The molecule has 1 amide bonds. The third-order valence-corrected chi connectivity index (χ3v) is 4.72. The van der Waals surface area contributed by atoms with Crippen LogP contribution in [0.25, 0.3) is 0 Å². The number of nitrogens with one attached hydrogen (secondary N) is 2. The van der Waals surface area contributed by atoms with Gasteiger partial charge in [0.2, 0.25) is 0 Å². The minimum atomic E-state index is -0.0411. The van der Waals surface area contributed by atoms with Gasteiger partial charge in [0.15, 0.2) is 0 Å². The van der Waals surface area contributed by atoms with Crippen LogP contribution in [0.5, 0.6) is 0 Å². The number of carbonyl (C=O) groups is 1. The Morgan fingerprint density at radius 3 is 3.05 bits per heavy atom. The topological polar surface area (TPSA) is 59.0 Å². The molecule has 0 bridgehead atoms. The molecule has 110 valence electrons. The van der Waals surface area contributed by atoms with E-state index < -0.39 is 0 Å². The van der Waals surface area contributed by atoms with Crippen molar-refractivity contribution in [3.63, 3.8) is 0 Å². The van der Waals surface area contributed by atoms with Crippen molar-refractivity contribution in [2.75, 3.05) is 19.6 Å². The predicted octanol–water partition coefficient (Wildman–Crippen LogP) is 1.73. The molecule has 1 aromatic heterocycles. The number of piperidine rings is 1. The predicted molar refractivity (Wildman–Crippen MR) is 77.7 cm³/mol. The number of amides is 1. The molecule has 1 saturated heterocycles. The van der Waals surface area contributed by atoms with Crippen LogP contribution in [-0.2, 0) is 0 Å². The Labute approximate surface area is 120 Å². The molecule has 2 heterocycles. The Balaban J connectivity index is 1.56. The van der Waals surface area contributed by atoms with Crippen LogP contribution < -0.4 is 10.6 Å². The van der Waals surface area contributed by atoms with E-state index >= 15 is 0 Å². The summed E-state index contributed by atoms with van der Waals surface area (Å²) in [7, 11) is 0. The van der Waals surface area contributed by atoms with Crippen molar-refractivity contribution >= 4 is 5.91 Å². The standard InChI is InChI=1S/C15H24N4O/c1-15(6-3-7-15)11-17-14(20)13-5-9-19(18-13)12-4-2-8-16-10-12/h5,9,12,16H,2-4,6-8,10-11H2,1H3,(H,17,20). The summed E-state index contributed by atoms with van der Waals surface area (Å²) in [5.74, 6) is -0.0411. The summed E-state index contributed by atoms with van der Waals surface area (Å²) in [6, 6.07) is 2.21. The molecule has 20 heavy (non-hydrogen) atoms. The minimum Gasteiger partial charge on any atom is -0.350 e. The zero-order chi connectivity index (χ0) is 14.0. The lowest BCUT2D eigenvalue weighted by Crippen LogP contribution is -2.40. The van der Waals surface area contributed by atoms with Crippen LogP contribution in [0, 0.1) is 5.41 Å². The summed E-state index contributed by atoms with van der Waals surface area (Å²) in [6.45, 7) is 5.04. The van der Waals surface area contributed by atoms with E-state index in [2.05, 4.69) is 22.7 Å². The van der Waals surface area contributed by atoms with Gasteiger partial charge in [0.05, 0.1) is 6.04 Å². The molecule has 2 fully saturated rings. The summed E-state index contributed by atoms with van der Waals surface area (Å²) < 4.78 is 1.94. The molecule has 3 rings (SSSR count). The van der Waals surface area contributed by atoms with Gasteiger partial charge in [-0.25, -0.2) is 0 Å². The number of carbonyl (C=O) groups excluding carboxylic acids is 1. The van der Waals surface area contributed by atoms with Crippen molar-refractivity contribution in [1.82, 2.24) is 20.4 Å². The first-order valence-corrected chi connectivity index (χ1v) is 7.70. The molecule has 1 aliphatic heterocycles. The highest BCUT2D eigenvalue weighted by atomic mass is 16.1. The van der Waals surface area contributed by atoms with E-state index in [-0.39, 0.29) is 5.91 Å². The number of aromatic nitrogens is 2. The first-order chi connectivity index (χ1) is 9.66. The average Bonchev–Trinajstić information content (AvgIpc) is 2.93. The molecule has 2 aliphatic rings. The summed E-state index contributed by atoms with van der Waals surface area (Å²) in [6.07, 6.45) is 7.95. The molecule has 5 nitrogen and oxygen atoms in total. The summed E-state index contributed by atoms with van der Waals surface area (Å²) in [5, 5.41) is 10.8. The van der Waals surface area contributed by atoms with E-state index in [9.17, 15) is 4.79 Å². The van der Waals surface area contributed by atoms with Crippen LogP contribution in [0.15, 0.2) is 12.3 Å². The lowest BCUT2D eigenvalue weighted by molar-refractivity contribution is 0.0884. The van der Waals surface area contributed by atoms with Crippen molar-refractivity contribution in [3.05, 3.63) is 18.0 Å². The Bertz CT molecular complexity index is 472. The van der Waals surface area contributed by atoms with E-state index in [0.29, 0.717) is 17.2 Å². The molecule has 1 aromatic rings. The van der Waals surface area contributed by atoms with Crippen molar-refractivity contribution in [1.29, 1.82) is 0 Å². The molecule has 1 saturated carbocycles. The van der Waals surface area contributed by atoms with Crippen molar-refractivity contribution in [2.45, 2.75) is 45.1 Å². The number of nitrogens with zero attached hydrogens (tertiary/aromatic N) is 2. The summed E-state index contributed by atoms with van der Waals surface area (Å²) in [5.41, 5.74) is 0.851. The van der Waals surface area contributed by atoms with Gasteiger partial charge in [-0.15, -0.1) is 0 Å². The van der Waals surface area contributed by atoms with Crippen LogP contribution in [0.2, 0.25) is 0 Å². The highest BCUT2D eigenvalue weighted by Gasteiger charge is 2.32. The Kier molecular flexibility index (Phi) is 3.78. The van der Waals surface area contributed by atoms with Gasteiger partial charge in [0.1, 0.15) is 5.69 Å². The van der Waals surface area contributed by atoms with Crippen LogP contribution in [0.3, 0.4) is 0 Å². The van der Waals surface area contributed by atoms with Gasteiger partial charge in [-0.05, 0) is 43.7 Å². The van der Waals surface area contributed by atoms with Gasteiger partial charge in [0, 0.05) is 19.3 Å². The Hall–Kier alpha value is -1.36. The van der Waals surface area contributed by atoms with Gasteiger partial charge < -0.3 is 10.6 Å². The normalized spacial score (nSPS) is 24.9. The van der Waals surface area contributed by atoms with Crippen LogP contribution in [0.4, 0.5) is 0 Å². The lowest BCUT2D eigenvalue weighted by atomic mass is 9.70. The highest BCUT2D eigenvalue weighted by molar-refractivity contribution is 5.92. The first-order valence-electron chi connectivity index (χ1n) is 7.70. The zero-order valence-corrected chi connectivity index (χ0v) is 12.2. The maximum Gasteiger partial charge on any atom is 0.271 e. The molecule has 2 N–H and O–H groups in total. The average molecular weight is 276 g/mol. The smallest absolute Gasteiger partial charge is 0.271 e. The SMILES string of the molecule is CC1(CNC(=O)c2ccn(C3CCCNC3)n2)CCC1. The molecule has 0 aromatic carbocycles. The van der Waals surface area contributed by atoms with Gasteiger partial charge >= 0.3 is 0 Å². The molecular formula is C15H24N4O. The van der Waals surface area contributed by atoms with Crippen LogP contribution in [0.1, 0.15) is 55.6 Å². The van der Waals surface area contributed by atoms with Crippen molar-refractivity contribution in [3.8, 4) is 0 Å². The number of hydrogen-bond donors (Lipinski definition) is 2. The molecule has 0 spiro atoms. The summed E-state index contributed by atoms with van der Waals surface area (Å²) >= 11 is 0. The molecule has 0 radical (unpaired) electrons. The fourth-order valence-corrected chi connectivity index (χ4v) is 3.06. The van der Waals surface area contributed by atoms with Crippen LogP contribution in [-0.4, -0.2) is 35.3 Å². The maximum atomic E-state index is 12.1. The second kappa shape index (κ2) is 5.56. The second-order valence-electron chi connectivity index (χ2n) is 6.53. The van der Waals surface area contributed by atoms with Crippen molar-refractivity contribution in [2.24, 2.45) is 5.41 Å². The van der Waals surface area contributed by atoms with Gasteiger partial charge in [0.25, 0.3) is 5.91 Å². The van der Waals surface area contributed by atoms with E-state index in [1.165, 1.54) is 25.7 Å². The van der Waals surface area contributed by atoms with E-state index in [1.54, 1.807) is 0 Å². The molecular weight excluding hydrogens is 252 g/mol. The second-order valence-corrected chi connectivity index (χ2v) is 6.53. The fourth-order valence-electron chi connectivity index (χ4n) is 3.06. The lowest BCUT2D eigenvalue weighted by Gasteiger charge is -2.38. The molecule has 1 unspecified atom stereocenters. The van der Waals surface area contributed by atoms with Crippen LogP contribution >= 0.6 is 0 Å². The maximum absolute atomic E-state index is 12.1.